The van der Waals surface area contributed by atoms with Crippen LogP contribution in [0.1, 0.15) is 44.0 Å². The number of hydrogen-bond acceptors (Lipinski definition) is 6. The van der Waals surface area contributed by atoms with E-state index in [-0.39, 0.29) is 19.1 Å². The number of nitrogens with zero attached hydrogens (tertiary/aromatic N) is 2. The number of hydrogen-bond donors (Lipinski definition) is 0. The summed E-state index contributed by atoms with van der Waals surface area (Å²) in [6, 6.07) is 6.57. The Morgan fingerprint density at radius 3 is 2.63 bits per heavy atom. The number of benzene rings is 1. The van der Waals surface area contributed by atoms with Crippen molar-refractivity contribution in [3.05, 3.63) is 29.8 Å². The molecule has 1 aromatic carbocycles. The van der Waals surface area contributed by atoms with Crippen molar-refractivity contribution in [3.8, 4) is 5.75 Å². The van der Waals surface area contributed by atoms with Gasteiger partial charge in [0.25, 0.3) is 0 Å². The average molecular weight is 378 g/mol. The highest BCUT2D eigenvalue weighted by molar-refractivity contribution is 5.89. The van der Waals surface area contributed by atoms with Gasteiger partial charge in [0.05, 0.1) is 19.2 Å². The third-order valence-electron chi connectivity index (χ3n) is 3.77. The quantitative estimate of drug-likeness (QED) is 0.732. The zero-order valence-electron chi connectivity index (χ0n) is 16.2. The molecule has 1 aliphatic heterocycles. The average Bonchev–Trinajstić information content (AvgIpc) is 2.61. The standard InChI is InChI=1S/C19H26N2O6/c1-19(2,3)27-18(24)21-10-6-9-16(22)20(21)11-12-26-15-8-5-7-14(13-15)17(23)25-4/h5,7-8,13H,6,9-12H2,1-4H3. The van der Waals surface area contributed by atoms with Gasteiger partial charge >= 0.3 is 12.1 Å². The van der Waals surface area contributed by atoms with Gasteiger partial charge in [0.2, 0.25) is 5.91 Å². The number of rotatable bonds is 5. The fourth-order valence-electron chi connectivity index (χ4n) is 2.59. The van der Waals surface area contributed by atoms with E-state index in [0.29, 0.717) is 30.7 Å². The molecule has 1 aromatic rings. The monoisotopic (exact) mass is 378 g/mol. The van der Waals surface area contributed by atoms with E-state index in [2.05, 4.69) is 4.74 Å². The van der Waals surface area contributed by atoms with E-state index in [0.717, 1.165) is 0 Å². The Kier molecular flexibility index (Phi) is 6.65. The molecule has 0 radical (unpaired) electrons. The van der Waals surface area contributed by atoms with Gasteiger partial charge in [0.15, 0.2) is 0 Å². The molecule has 0 unspecified atom stereocenters. The van der Waals surface area contributed by atoms with Gasteiger partial charge in [-0.15, -0.1) is 0 Å². The largest absolute Gasteiger partial charge is 0.492 e. The first-order valence-corrected chi connectivity index (χ1v) is 8.83. The first kappa shape index (κ1) is 20.5. The Bertz CT molecular complexity index is 698. The van der Waals surface area contributed by atoms with Crippen molar-refractivity contribution < 1.29 is 28.6 Å². The molecule has 2 rings (SSSR count). The van der Waals surface area contributed by atoms with Crippen LogP contribution < -0.4 is 4.74 Å². The first-order valence-electron chi connectivity index (χ1n) is 8.83. The molecule has 0 atom stereocenters. The molecule has 2 amide bonds. The van der Waals surface area contributed by atoms with Gasteiger partial charge in [-0.25, -0.2) is 19.6 Å². The lowest BCUT2D eigenvalue weighted by Crippen LogP contribution is -2.55. The Morgan fingerprint density at radius 1 is 1.22 bits per heavy atom. The van der Waals surface area contributed by atoms with E-state index in [1.165, 1.54) is 17.1 Å². The molecule has 148 valence electrons. The first-order chi connectivity index (χ1) is 12.7. The molecule has 0 aromatic heterocycles. The minimum atomic E-state index is -0.645. The van der Waals surface area contributed by atoms with E-state index in [9.17, 15) is 14.4 Å². The van der Waals surface area contributed by atoms with E-state index in [4.69, 9.17) is 9.47 Å². The molecule has 8 heteroatoms. The maximum Gasteiger partial charge on any atom is 0.429 e. The maximum atomic E-state index is 12.4. The van der Waals surface area contributed by atoms with E-state index in [1.807, 2.05) is 0 Å². The van der Waals surface area contributed by atoms with Gasteiger partial charge in [-0.2, -0.15) is 0 Å². The molecular formula is C19H26N2O6. The fraction of sp³-hybridized carbons (Fsp3) is 0.526. The molecule has 1 heterocycles. The molecular weight excluding hydrogens is 352 g/mol. The van der Waals surface area contributed by atoms with Crippen molar-refractivity contribution in [2.45, 2.75) is 39.2 Å². The second-order valence-corrected chi connectivity index (χ2v) is 7.09. The Morgan fingerprint density at radius 2 is 1.96 bits per heavy atom. The summed E-state index contributed by atoms with van der Waals surface area (Å²) in [5.74, 6) is -0.132. The minimum absolute atomic E-state index is 0.154. The number of ether oxygens (including phenoxy) is 3. The summed E-state index contributed by atoms with van der Waals surface area (Å²) in [7, 11) is 1.31. The SMILES string of the molecule is COC(=O)c1cccc(OCCN2C(=O)CCCN2C(=O)OC(C)(C)C)c1. The van der Waals surface area contributed by atoms with Crippen molar-refractivity contribution in [2.75, 3.05) is 26.8 Å². The summed E-state index contributed by atoms with van der Waals surface area (Å²) in [6.45, 7) is 6.10. The molecule has 8 nitrogen and oxygen atoms in total. The van der Waals surface area contributed by atoms with E-state index >= 15 is 0 Å². The van der Waals surface area contributed by atoms with Crippen LogP contribution in [-0.4, -0.2) is 60.4 Å². The van der Waals surface area contributed by atoms with Crippen LogP contribution in [0.25, 0.3) is 0 Å². The molecule has 0 aliphatic carbocycles. The molecule has 0 spiro atoms. The van der Waals surface area contributed by atoms with Crippen molar-refractivity contribution >= 4 is 18.0 Å². The fourth-order valence-corrected chi connectivity index (χ4v) is 2.59. The van der Waals surface area contributed by atoms with Crippen molar-refractivity contribution in [1.82, 2.24) is 10.0 Å². The van der Waals surface area contributed by atoms with Gasteiger partial charge in [-0.05, 0) is 45.4 Å². The normalized spacial score (nSPS) is 14.7. The lowest BCUT2D eigenvalue weighted by Gasteiger charge is -2.38. The molecule has 1 saturated heterocycles. The molecule has 0 saturated carbocycles. The predicted octanol–water partition coefficient (Wildman–Crippen LogP) is 2.63. The van der Waals surface area contributed by atoms with Crippen molar-refractivity contribution in [2.24, 2.45) is 0 Å². The van der Waals surface area contributed by atoms with Crippen LogP contribution >= 0.6 is 0 Å². The Hall–Kier alpha value is -2.77. The third kappa shape index (κ3) is 5.87. The zero-order chi connectivity index (χ0) is 20.0. The summed E-state index contributed by atoms with van der Waals surface area (Å²) < 4.78 is 15.7. The summed E-state index contributed by atoms with van der Waals surface area (Å²) in [6.07, 6.45) is 0.413. The number of amides is 2. The summed E-state index contributed by atoms with van der Waals surface area (Å²) in [5.41, 5.74) is -0.270. The smallest absolute Gasteiger partial charge is 0.429 e. The molecule has 0 N–H and O–H groups in total. The van der Waals surface area contributed by atoms with Crippen LogP contribution in [0.5, 0.6) is 5.75 Å². The number of hydrazine groups is 1. The lowest BCUT2D eigenvalue weighted by atomic mass is 10.2. The van der Waals surface area contributed by atoms with Crippen molar-refractivity contribution in [1.29, 1.82) is 0 Å². The molecule has 1 aliphatic rings. The highest BCUT2D eigenvalue weighted by Crippen LogP contribution is 2.18. The number of methoxy groups -OCH3 is 1. The number of esters is 1. The second-order valence-electron chi connectivity index (χ2n) is 7.09. The van der Waals surface area contributed by atoms with Gasteiger partial charge in [-0.1, -0.05) is 6.07 Å². The van der Waals surface area contributed by atoms with Gasteiger partial charge in [-0.3, -0.25) is 4.79 Å². The van der Waals surface area contributed by atoms with Gasteiger partial charge < -0.3 is 14.2 Å². The molecule has 27 heavy (non-hydrogen) atoms. The summed E-state index contributed by atoms with van der Waals surface area (Å²) >= 11 is 0. The number of carbonyl (C=O) groups is 3. The van der Waals surface area contributed by atoms with Crippen molar-refractivity contribution in [3.63, 3.8) is 0 Å². The van der Waals surface area contributed by atoms with E-state index < -0.39 is 17.7 Å². The molecule has 1 fully saturated rings. The van der Waals surface area contributed by atoms with Crippen LogP contribution in [0.2, 0.25) is 0 Å². The molecule has 0 bridgehead atoms. The maximum absolute atomic E-state index is 12.4. The van der Waals surface area contributed by atoms with E-state index in [1.54, 1.807) is 45.0 Å². The second kappa shape index (κ2) is 8.75. The number of carbonyl (C=O) groups excluding carboxylic acids is 3. The van der Waals surface area contributed by atoms with Crippen LogP contribution in [-0.2, 0) is 14.3 Å². The highest BCUT2D eigenvalue weighted by Gasteiger charge is 2.32. The van der Waals surface area contributed by atoms with Gasteiger partial charge in [0.1, 0.15) is 18.0 Å². The van der Waals surface area contributed by atoms with Gasteiger partial charge in [0, 0.05) is 13.0 Å². The summed E-state index contributed by atoms with van der Waals surface area (Å²) in [4.78, 5) is 36.2. The van der Waals surface area contributed by atoms with Crippen LogP contribution in [0.3, 0.4) is 0 Å². The Balaban J connectivity index is 1.98. The van der Waals surface area contributed by atoms with Crippen LogP contribution in [0.15, 0.2) is 24.3 Å². The third-order valence-corrected chi connectivity index (χ3v) is 3.77. The predicted molar refractivity (Wildman–Crippen MR) is 97.2 cm³/mol. The van der Waals surface area contributed by atoms with Crippen LogP contribution in [0.4, 0.5) is 4.79 Å². The zero-order valence-corrected chi connectivity index (χ0v) is 16.2. The topological polar surface area (TPSA) is 85.4 Å². The van der Waals surface area contributed by atoms with Crippen LogP contribution in [0, 0.1) is 0 Å². The highest BCUT2D eigenvalue weighted by atomic mass is 16.6. The lowest BCUT2D eigenvalue weighted by molar-refractivity contribution is -0.154. The summed E-state index contributed by atoms with van der Waals surface area (Å²) in [5, 5.41) is 2.69. The minimum Gasteiger partial charge on any atom is -0.492 e. The Labute approximate surface area is 158 Å².